The van der Waals surface area contributed by atoms with Crippen LogP contribution in [0.1, 0.15) is 12.5 Å². The highest BCUT2D eigenvalue weighted by molar-refractivity contribution is 9.10. The smallest absolute Gasteiger partial charge is 0.189 e. The molecule has 0 aliphatic heterocycles. The van der Waals surface area contributed by atoms with Gasteiger partial charge in [0.2, 0.25) is 0 Å². The van der Waals surface area contributed by atoms with Crippen LogP contribution in [0, 0.1) is 0 Å². The van der Waals surface area contributed by atoms with Gasteiger partial charge in [-0.1, -0.05) is 31.9 Å². The average Bonchev–Trinajstić information content (AvgIpc) is 2.21. The first-order chi connectivity index (χ1) is 6.77. The fourth-order valence-corrected chi connectivity index (χ4v) is 2.16. The van der Waals surface area contributed by atoms with Crippen LogP contribution < -0.4 is 4.74 Å². The molecule has 0 unspecified atom stereocenters. The van der Waals surface area contributed by atoms with Crippen LogP contribution in [0.15, 0.2) is 22.7 Å². The van der Waals surface area contributed by atoms with Crippen molar-refractivity contribution in [2.45, 2.75) is 12.3 Å². The molecule has 0 aromatic heterocycles. The second-order valence-electron chi connectivity index (χ2n) is 2.64. The molecule has 0 aliphatic carbocycles. The number of benzene rings is 1. The van der Waals surface area contributed by atoms with Crippen LogP contribution in [-0.4, -0.2) is 13.4 Å². The molecular weight excluding hydrogens is 312 g/mol. The summed E-state index contributed by atoms with van der Waals surface area (Å²) in [4.78, 5) is 0. The summed E-state index contributed by atoms with van der Waals surface area (Å²) in [6.45, 7) is 2.91. The van der Waals surface area contributed by atoms with Gasteiger partial charge in [-0.25, -0.2) is 0 Å². The molecule has 0 bridgehead atoms. The zero-order chi connectivity index (χ0) is 10.4. The molecular formula is C10H12Br2O2. The van der Waals surface area contributed by atoms with Gasteiger partial charge in [-0.3, -0.25) is 0 Å². The lowest BCUT2D eigenvalue weighted by Crippen LogP contribution is -2.02. The van der Waals surface area contributed by atoms with E-state index in [4.69, 9.17) is 9.47 Å². The Hall–Kier alpha value is -0.0600. The van der Waals surface area contributed by atoms with E-state index in [0.717, 1.165) is 15.6 Å². The first-order valence-corrected chi connectivity index (χ1v) is 6.24. The third-order valence-corrected chi connectivity index (χ3v) is 3.05. The van der Waals surface area contributed by atoms with Crippen molar-refractivity contribution < 1.29 is 9.47 Å². The Labute approximate surface area is 101 Å². The molecule has 0 saturated carbocycles. The van der Waals surface area contributed by atoms with Crippen molar-refractivity contribution in [3.05, 3.63) is 28.2 Å². The van der Waals surface area contributed by atoms with E-state index in [9.17, 15) is 0 Å². The van der Waals surface area contributed by atoms with Crippen LogP contribution in [0.5, 0.6) is 5.75 Å². The van der Waals surface area contributed by atoms with E-state index in [2.05, 4.69) is 31.9 Å². The molecule has 1 aromatic rings. The highest BCUT2D eigenvalue weighted by atomic mass is 79.9. The molecule has 0 heterocycles. The molecule has 1 aromatic carbocycles. The van der Waals surface area contributed by atoms with Gasteiger partial charge >= 0.3 is 0 Å². The molecule has 0 spiro atoms. The maximum absolute atomic E-state index is 5.38. The van der Waals surface area contributed by atoms with E-state index in [1.165, 1.54) is 5.56 Å². The highest BCUT2D eigenvalue weighted by Crippen LogP contribution is 2.24. The number of halogens is 2. The van der Waals surface area contributed by atoms with Gasteiger partial charge < -0.3 is 9.47 Å². The topological polar surface area (TPSA) is 18.5 Å². The van der Waals surface area contributed by atoms with Gasteiger partial charge in [0.05, 0.1) is 0 Å². The predicted octanol–water partition coefficient (Wildman–Crippen LogP) is 3.72. The molecule has 0 aliphatic rings. The van der Waals surface area contributed by atoms with E-state index >= 15 is 0 Å². The summed E-state index contributed by atoms with van der Waals surface area (Å²) in [6, 6.07) is 5.87. The average molecular weight is 324 g/mol. The number of hydrogen-bond donors (Lipinski definition) is 0. The summed E-state index contributed by atoms with van der Waals surface area (Å²) in [5.74, 6) is 0.830. The van der Waals surface area contributed by atoms with E-state index < -0.39 is 0 Å². The Kier molecular flexibility index (Phi) is 5.52. The number of ether oxygens (including phenoxy) is 2. The monoisotopic (exact) mass is 322 g/mol. The van der Waals surface area contributed by atoms with Crippen molar-refractivity contribution in [2.75, 3.05) is 13.4 Å². The predicted molar refractivity (Wildman–Crippen MR) is 63.9 cm³/mol. The molecule has 0 N–H and O–H groups in total. The largest absolute Gasteiger partial charge is 0.468 e. The van der Waals surface area contributed by atoms with Crippen LogP contribution in [0.2, 0.25) is 0 Å². The zero-order valence-corrected chi connectivity index (χ0v) is 11.1. The maximum atomic E-state index is 5.38. The molecule has 0 radical (unpaired) electrons. The van der Waals surface area contributed by atoms with Crippen molar-refractivity contribution in [1.82, 2.24) is 0 Å². The van der Waals surface area contributed by atoms with Gasteiger partial charge in [-0.15, -0.1) is 0 Å². The van der Waals surface area contributed by atoms with Gasteiger partial charge in [-0.05, 0) is 30.7 Å². The standard InChI is InChI=1S/C10H12Br2O2/c1-2-13-7-14-9-3-4-10(12)8(5-9)6-11/h3-5H,2,6-7H2,1H3. The fourth-order valence-electron chi connectivity index (χ4n) is 0.936. The quantitative estimate of drug-likeness (QED) is 0.467. The second kappa shape index (κ2) is 6.43. The van der Waals surface area contributed by atoms with Crippen molar-refractivity contribution in [1.29, 1.82) is 0 Å². The van der Waals surface area contributed by atoms with Crippen LogP contribution in [0.25, 0.3) is 0 Å². The zero-order valence-electron chi connectivity index (χ0n) is 7.93. The summed E-state index contributed by atoms with van der Waals surface area (Å²) >= 11 is 6.86. The molecule has 0 atom stereocenters. The molecule has 0 saturated heterocycles. The van der Waals surface area contributed by atoms with Crippen molar-refractivity contribution in [3.8, 4) is 5.75 Å². The maximum Gasteiger partial charge on any atom is 0.189 e. The first kappa shape index (κ1) is 12.0. The van der Waals surface area contributed by atoms with E-state index in [1.54, 1.807) is 0 Å². The summed E-state index contributed by atoms with van der Waals surface area (Å²) in [6.07, 6.45) is 0. The number of hydrogen-bond acceptors (Lipinski definition) is 2. The number of rotatable bonds is 5. The SMILES string of the molecule is CCOCOc1ccc(Br)c(CBr)c1. The third-order valence-electron chi connectivity index (χ3n) is 1.67. The van der Waals surface area contributed by atoms with Gasteiger partial charge in [0.15, 0.2) is 6.79 Å². The van der Waals surface area contributed by atoms with E-state index in [-0.39, 0.29) is 0 Å². The molecule has 78 valence electrons. The number of alkyl halides is 1. The lowest BCUT2D eigenvalue weighted by Gasteiger charge is -2.07. The minimum Gasteiger partial charge on any atom is -0.468 e. The highest BCUT2D eigenvalue weighted by Gasteiger charge is 2.00. The van der Waals surface area contributed by atoms with Crippen LogP contribution >= 0.6 is 31.9 Å². The Morgan fingerprint density at radius 2 is 2.14 bits per heavy atom. The van der Waals surface area contributed by atoms with Gasteiger partial charge in [0.25, 0.3) is 0 Å². The Bertz CT molecular complexity index is 289. The molecule has 0 amide bonds. The lowest BCUT2D eigenvalue weighted by atomic mass is 10.2. The lowest BCUT2D eigenvalue weighted by molar-refractivity contribution is 0.0224. The van der Waals surface area contributed by atoms with Crippen molar-refractivity contribution >= 4 is 31.9 Å². The molecule has 4 heteroatoms. The Balaban J connectivity index is 2.60. The summed E-state index contributed by atoms with van der Waals surface area (Å²) < 4.78 is 11.6. The van der Waals surface area contributed by atoms with Gasteiger partial charge in [0, 0.05) is 16.4 Å². The molecule has 0 fully saturated rings. The van der Waals surface area contributed by atoms with Crippen LogP contribution in [-0.2, 0) is 10.1 Å². The van der Waals surface area contributed by atoms with Crippen LogP contribution in [0.3, 0.4) is 0 Å². The van der Waals surface area contributed by atoms with Gasteiger partial charge in [0.1, 0.15) is 5.75 Å². The molecule has 2 nitrogen and oxygen atoms in total. The minimum atomic E-state index is 0.305. The molecule has 1 rings (SSSR count). The Morgan fingerprint density at radius 3 is 2.79 bits per heavy atom. The summed E-state index contributed by atoms with van der Waals surface area (Å²) in [5.41, 5.74) is 1.17. The van der Waals surface area contributed by atoms with E-state index in [1.807, 2.05) is 25.1 Å². The summed E-state index contributed by atoms with van der Waals surface area (Å²) in [7, 11) is 0. The third kappa shape index (κ3) is 3.59. The fraction of sp³-hybridized carbons (Fsp3) is 0.400. The summed E-state index contributed by atoms with van der Waals surface area (Å²) in [5, 5.41) is 0.805. The van der Waals surface area contributed by atoms with E-state index in [0.29, 0.717) is 13.4 Å². The molecule has 14 heavy (non-hydrogen) atoms. The minimum absolute atomic E-state index is 0.305. The first-order valence-electron chi connectivity index (χ1n) is 4.33. The van der Waals surface area contributed by atoms with Crippen LogP contribution in [0.4, 0.5) is 0 Å². The van der Waals surface area contributed by atoms with Crippen molar-refractivity contribution in [2.24, 2.45) is 0 Å². The Morgan fingerprint density at radius 1 is 1.36 bits per heavy atom. The van der Waals surface area contributed by atoms with Crippen molar-refractivity contribution in [3.63, 3.8) is 0 Å². The normalized spacial score (nSPS) is 10.2. The van der Waals surface area contributed by atoms with Gasteiger partial charge in [-0.2, -0.15) is 0 Å². The second-order valence-corrected chi connectivity index (χ2v) is 4.06.